The van der Waals surface area contributed by atoms with E-state index in [4.69, 9.17) is 4.74 Å². The van der Waals surface area contributed by atoms with Crippen molar-refractivity contribution in [2.45, 2.75) is 25.2 Å². The van der Waals surface area contributed by atoms with Gasteiger partial charge in [0.25, 0.3) is 5.91 Å². The van der Waals surface area contributed by atoms with Crippen LogP contribution in [0.4, 0.5) is 5.69 Å². The summed E-state index contributed by atoms with van der Waals surface area (Å²) in [5.41, 5.74) is 1.77. The highest BCUT2D eigenvalue weighted by Gasteiger charge is 2.50. The lowest BCUT2D eigenvalue weighted by Crippen LogP contribution is -2.51. The number of rotatable bonds is 3. The van der Waals surface area contributed by atoms with E-state index in [0.29, 0.717) is 31.0 Å². The van der Waals surface area contributed by atoms with Crippen molar-refractivity contribution < 1.29 is 14.3 Å². The quantitative estimate of drug-likeness (QED) is 0.925. The first kappa shape index (κ1) is 16.6. The first-order valence-corrected chi connectivity index (χ1v) is 9.08. The highest BCUT2D eigenvalue weighted by molar-refractivity contribution is 6.07. The number of piperidine rings is 1. The molecule has 1 unspecified atom stereocenters. The highest BCUT2D eigenvalue weighted by Crippen LogP contribution is 2.44. The van der Waals surface area contributed by atoms with Crippen molar-refractivity contribution in [2.75, 3.05) is 25.0 Å². The molecule has 1 spiro atoms. The third-order valence-electron chi connectivity index (χ3n) is 5.32. The van der Waals surface area contributed by atoms with Gasteiger partial charge in [0.2, 0.25) is 5.91 Å². The molecule has 2 amide bonds. The molecule has 0 saturated carbocycles. The molecular formula is C21H22N2O3. The van der Waals surface area contributed by atoms with Crippen molar-refractivity contribution in [1.29, 1.82) is 0 Å². The maximum Gasteiger partial charge on any atom is 0.257 e. The summed E-state index contributed by atoms with van der Waals surface area (Å²) in [7, 11) is 0. The molecule has 1 saturated heterocycles. The van der Waals surface area contributed by atoms with Crippen LogP contribution in [0, 0.1) is 0 Å². The lowest BCUT2D eigenvalue weighted by molar-refractivity contribution is -0.122. The van der Waals surface area contributed by atoms with Gasteiger partial charge in [-0.1, -0.05) is 30.3 Å². The molecule has 0 aliphatic carbocycles. The van der Waals surface area contributed by atoms with Gasteiger partial charge in [-0.15, -0.1) is 0 Å². The Morgan fingerprint density at radius 1 is 1.19 bits per heavy atom. The monoisotopic (exact) mass is 350 g/mol. The molecule has 2 aliphatic rings. The maximum absolute atomic E-state index is 13.2. The molecule has 2 aromatic carbocycles. The van der Waals surface area contributed by atoms with Gasteiger partial charge in [-0.25, -0.2) is 0 Å². The molecule has 26 heavy (non-hydrogen) atoms. The van der Waals surface area contributed by atoms with Crippen LogP contribution in [0.25, 0.3) is 0 Å². The molecule has 0 bridgehead atoms. The Hall–Kier alpha value is -2.82. The number of nitrogens with zero attached hydrogens (tertiary/aromatic N) is 1. The first-order valence-electron chi connectivity index (χ1n) is 9.08. The molecule has 2 aliphatic heterocycles. The van der Waals surface area contributed by atoms with Gasteiger partial charge < -0.3 is 15.0 Å². The third-order valence-corrected chi connectivity index (χ3v) is 5.32. The van der Waals surface area contributed by atoms with E-state index in [1.165, 1.54) is 0 Å². The van der Waals surface area contributed by atoms with Crippen LogP contribution in [0.3, 0.4) is 0 Å². The summed E-state index contributed by atoms with van der Waals surface area (Å²) < 4.78 is 5.62. The number of anilines is 1. The number of carbonyl (C=O) groups is 2. The van der Waals surface area contributed by atoms with E-state index in [-0.39, 0.29) is 11.8 Å². The van der Waals surface area contributed by atoms with E-state index >= 15 is 0 Å². The Bertz CT molecular complexity index is 864. The summed E-state index contributed by atoms with van der Waals surface area (Å²) in [6, 6.07) is 15.1. The Kier molecular flexibility index (Phi) is 4.15. The van der Waals surface area contributed by atoms with E-state index in [1.807, 2.05) is 49.4 Å². The average molecular weight is 350 g/mol. The predicted octanol–water partition coefficient (Wildman–Crippen LogP) is 3.21. The predicted molar refractivity (Wildman–Crippen MR) is 99.5 cm³/mol. The minimum Gasteiger partial charge on any atom is -0.493 e. The lowest BCUT2D eigenvalue weighted by Gasteiger charge is -2.39. The van der Waals surface area contributed by atoms with E-state index in [0.717, 1.165) is 24.1 Å². The standard InChI is InChI=1S/C21H22N2O3/c1-2-26-18-11-6-3-8-15(18)19(24)23-13-7-12-21(14-23)16-9-4-5-10-17(16)22-20(21)25/h3-6,8-11H,2,7,12-14H2,1H3,(H,22,25). The minimum atomic E-state index is -0.648. The minimum absolute atomic E-state index is 0.00528. The molecule has 2 heterocycles. The zero-order valence-corrected chi connectivity index (χ0v) is 14.8. The Morgan fingerprint density at radius 3 is 2.81 bits per heavy atom. The largest absolute Gasteiger partial charge is 0.493 e. The van der Waals surface area contributed by atoms with Crippen molar-refractivity contribution in [3.8, 4) is 5.75 Å². The second-order valence-electron chi connectivity index (χ2n) is 6.84. The zero-order chi connectivity index (χ0) is 18.1. The molecule has 5 nitrogen and oxygen atoms in total. The normalized spacial score (nSPS) is 21.4. The molecule has 1 atom stereocenters. The Morgan fingerprint density at radius 2 is 1.96 bits per heavy atom. The number of likely N-dealkylation sites (tertiary alicyclic amines) is 1. The number of carbonyl (C=O) groups excluding carboxylic acids is 2. The Balaban J connectivity index is 1.66. The topological polar surface area (TPSA) is 58.6 Å². The van der Waals surface area contributed by atoms with Crippen LogP contribution in [-0.2, 0) is 10.2 Å². The van der Waals surface area contributed by atoms with E-state index in [1.54, 1.807) is 11.0 Å². The van der Waals surface area contributed by atoms with Gasteiger partial charge >= 0.3 is 0 Å². The average Bonchev–Trinajstić information content (AvgIpc) is 2.93. The number of benzene rings is 2. The third kappa shape index (κ3) is 2.55. The summed E-state index contributed by atoms with van der Waals surface area (Å²) >= 11 is 0. The molecular weight excluding hydrogens is 328 g/mol. The van der Waals surface area contributed by atoms with Gasteiger partial charge in [0, 0.05) is 18.8 Å². The van der Waals surface area contributed by atoms with Crippen molar-refractivity contribution >= 4 is 17.5 Å². The van der Waals surface area contributed by atoms with Crippen LogP contribution in [0.5, 0.6) is 5.75 Å². The zero-order valence-electron chi connectivity index (χ0n) is 14.8. The fourth-order valence-electron chi connectivity index (χ4n) is 4.10. The highest BCUT2D eigenvalue weighted by atomic mass is 16.5. The van der Waals surface area contributed by atoms with Crippen molar-refractivity contribution in [2.24, 2.45) is 0 Å². The second kappa shape index (κ2) is 6.48. The van der Waals surface area contributed by atoms with Gasteiger partial charge in [-0.2, -0.15) is 0 Å². The van der Waals surface area contributed by atoms with Crippen LogP contribution < -0.4 is 10.1 Å². The molecule has 0 aromatic heterocycles. The number of ether oxygens (including phenoxy) is 1. The van der Waals surface area contributed by atoms with Crippen molar-refractivity contribution in [1.82, 2.24) is 4.90 Å². The van der Waals surface area contributed by atoms with E-state index < -0.39 is 5.41 Å². The fraction of sp³-hybridized carbons (Fsp3) is 0.333. The summed E-state index contributed by atoms with van der Waals surface area (Å²) in [4.78, 5) is 27.8. The Labute approximate surface area is 153 Å². The van der Waals surface area contributed by atoms with Crippen molar-refractivity contribution in [3.63, 3.8) is 0 Å². The van der Waals surface area contributed by atoms with Crippen LogP contribution >= 0.6 is 0 Å². The molecule has 134 valence electrons. The van der Waals surface area contributed by atoms with Crippen LogP contribution in [0.1, 0.15) is 35.7 Å². The molecule has 5 heteroatoms. The molecule has 0 radical (unpaired) electrons. The van der Waals surface area contributed by atoms with Crippen LogP contribution in [-0.4, -0.2) is 36.4 Å². The van der Waals surface area contributed by atoms with Crippen LogP contribution in [0.15, 0.2) is 48.5 Å². The number of hydrogen-bond donors (Lipinski definition) is 1. The van der Waals surface area contributed by atoms with Gasteiger partial charge in [-0.3, -0.25) is 9.59 Å². The molecule has 1 fully saturated rings. The summed E-state index contributed by atoms with van der Waals surface area (Å²) in [5.74, 6) is 0.510. The van der Waals surface area contributed by atoms with Gasteiger partial charge in [0.15, 0.2) is 0 Å². The van der Waals surface area contributed by atoms with E-state index in [9.17, 15) is 9.59 Å². The van der Waals surface area contributed by atoms with Gasteiger partial charge in [-0.05, 0) is 43.5 Å². The summed E-state index contributed by atoms with van der Waals surface area (Å²) in [6.45, 7) is 3.45. The number of hydrogen-bond acceptors (Lipinski definition) is 3. The smallest absolute Gasteiger partial charge is 0.257 e. The van der Waals surface area contributed by atoms with Crippen molar-refractivity contribution in [3.05, 3.63) is 59.7 Å². The lowest BCUT2D eigenvalue weighted by atomic mass is 9.75. The fourth-order valence-corrected chi connectivity index (χ4v) is 4.10. The SMILES string of the molecule is CCOc1ccccc1C(=O)N1CCCC2(C1)C(=O)Nc1ccccc12. The molecule has 4 rings (SSSR count). The van der Waals surface area contributed by atoms with E-state index in [2.05, 4.69) is 5.32 Å². The molecule has 1 N–H and O–H groups in total. The number of fused-ring (bicyclic) bond motifs is 2. The summed E-state index contributed by atoms with van der Waals surface area (Å²) in [5, 5.41) is 2.99. The molecule has 2 aromatic rings. The van der Waals surface area contributed by atoms with Gasteiger partial charge in [0.05, 0.1) is 17.6 Å². The number of nitrogens with one attached hydrogen (secondary N) is 1. The first-order chi connectivity index (χ1) is 12.7. The van der Waals surface area contributed by atoms with Gasteiger partial charge in [0.1, 0.15) is 5.75 Å². The number of amides is 2. The maximum atomic E-state index is 13.2. The second-order valence-corrected chi connectivity index (χ2v) is 6.84. The summed E-state index contributed by atoms with van der Waals surface area (Å²) in [6.07, 6.45) is 1.55. The number of para-hydroxylation sites is 2. The van der Waals surface area contributed by atoms with Crippen LogP contribution in [0.2, 0.25) is 0 Å².